The van der Waals surface area contributed by atoms with Crippen LogP contribution in [0.2, 0.25) is 0 Å². The Kier molecular flexibility index (Phi) is 3.97. The Morgan fingerprint density at radius 3 is 2.96 bits per heavy atom. The molecule has 0 bridgehead atoms. The van der Waals surface area contributed by atoms with Crippen molar-refractivity contribution in [3.63, 3.8) is 0 Å². The predicted octanol–water partition coefficient (Wildman–Crippen LogP) is 3.21. The SMILES string of the molecule is CC(C)c1nc2c(n1C)CCN(Cc1nc(-c3cccs3)no1)C2. The highest BCUT2D eigenvalue weighted by atomic mass is 32.1. The third-order valence-corrected chi connectivity index (χ3v) is 5.32. The van der Waals surface area contributed by atoms with Crippen LogP contribution in [0.4, 0.5) is 0 Å². The predicted molar refractivity (Wildman–Crippen MR) is 92.7 cm³/mol. The molecule has 0 unspecified atom stereocenters. The van der Waals surface area contributed by atoms with E-state index in [0.29, 0.717) is 24.2 Å². The van der Waals surface area contributed by atoms with E-state index < -0.39 is 0 Å². The second-order valence-electron chi connectivity index (χ2n) is 6.53. The smallest absolute Gasteiger partial charge is 0.241 e. The Bertz CT molecular complexity index is 833. The Balaban J connectivity index is 1.48. The van der Waals surface area contributed by atoms with Crippen molar-refractivity contribution >= 4 is 11.3 Å². The lowest BCUT2D eigenvalue weighted by Gasteiger charge is -2.24. The van der Waals surface area contributed by atoms with Crippen LogP contribution in [-0.4, -0.2) is 31.1 Å². The van der Waals surface area contributed by atoms with Crippen LogP contribution in [-0.2, 0) is 26.6 Å². The molecule has 0 N–H and O–H groups in total. The fourth-order valence-electron chi connectivity index (χ4n) is 3.27. The van der Waals surface area contributed by atoms with Gasteiger partial charge in [0.05, 0.1) is 17.1 Å². The summed E-state index contributed by atoms with van der Waals surface area (Å²) in [6, 6.07) is 4.00. The largest absolute Gasteiger partial charge is 0.338 e. The lowest BCUT2D eigenvalue weighted by Crippen LogP contribution is -2.30. The van der Waals surface area contributed by atoms with Crippen LogP contribution in [0.25, 0.3) is 10.7 Å². The molecule has 24 heavy (non-hydrogen) atoms. The average molecular weight is 343 g/mol. The first-order chi connectivity index (χ1) is 11.6. The second kappa shape index (κ2) is 6.14. The minimum absolute atomic E-state index is 0.443. The molecular weight excluding hydrogens is 322 g/mol. The van der Waals surface area contributed by atoms with Crippen LogP contribution in [0.15, 0.2) is 22.0 Å². The summed E-state index contributed by atoms with van der Waals surface area (Å²) in [5.41, 5.74) is 2.55. The zero-order valence-corrected chi connectivity index (χ0v) is 15.0. The summed E-state index contributed by atoms with van der Waals surface area (Å²) in [5.74, 6) is 2.96. The third kappa shape index (κ3) is 2.78. The number of nitrogens with zero attached hydrogens (tertiary/aromatic N) is 5. The summed E-state index contributed by atoms with van der Waals surface area (Å²) in [7, 11) is 2.13. The molecule has 0 amide bonds. The molecule has 6 nitrogen and oxygen atoms in total. The molecule has 0 saturated heterocycles. The van der Waals surface area contributed by atoms with E-state index in [2.05, 4.69) is 40.5 Å². The normalized spacial score (nSPS) is 15.2. The van der Waals surface area contributed by atoms with Gasteiger partial charge in [-0.1, -0.05) is 25.1 Å². The maximum Gasteiger partial charge on any atom is 0.241 e. The van der Waals surface area contributed by atoms with Gasteiger partial charge in [0, 0.05) is 38.2 Å². The fourth-order valence-corrected chi connectivity index (χ4v) is 3.92. The van der Waals surface area contributed by atoms with Crippen molar-refractivity contribution in [2.24, 2.45) is 7.05 Å². The Labute approximate surface area is 145 Å². The molecule has 0 aliphatic carbocycles. The van der Waals surface area contributed by atoms with E-state index >= 15 is 0 Å². The second-order valence-corrected chi connectivity index (χ2v) is 7.47. The van der Waals surface area contributed by atoms with Gasteiger partial charge >= 0.3 is 0 Å². The molecule has 3 aromatic heterocycles. The van der Waals surface area contributed by atoms with Gasteiger partial charge in [-0.15, -0.1) is 11.3 Å². The molecule has 7 heteroatoms. The number of aromatic nitrogens is 4. The van der Waals surface area contributed by atoms with Gasteiger partial charge in [0.2, 0.25) is 11.7 Å². The molecule has 4 heterocycles. The molecule has 0 fully saturated rings. The van der Waals surface area contributed by atoms with Gasteiger partial charge in [-0.2, -0.15) is 4.98 Å². The monoisotopic (exact) mass is 343 g/mol. The van der Waals surface area contributed by atoms with Crippen LogP contribution in [0.3, 0.4) is 0 Å². The highest BCUT2D eigenvalue weighted by Crippen LogP contribution is 2.25. The van der Waals surface area contributed by atoms with Crippen LogP contribution >= 0.6 is 11.3 Å². The van der Waals surface area contributed by atoms with E-state index in [4.69, 9.17) is 9.51 Å². The summed E-state index contributed by atoms with van der Waals surface area (Å²) < 4.78 is 7.69. The van der Waals surface area contributed by atoms with E-state index in [-0.39, 0.29) is 0 Å². The van der Waals surface area contributed by atoms with E-state index in [1.165, 1.54) is 17.2 Å². The van der Waals surface area contributed by atoms with Crippen molar-refractivity contribution in [1.82, 2.24) is 24.6 Å². The molecule has 3 aromatic rings. The van der Waals surface area contributed by atoms with Crippen LogP contribution in [0.5, 0.6) is 0 Å². The molecule has 0 spiro atoms. The van der Waals surface area contributed by atoms with E-state index in [9.17, 15) is 0 Å². The lowest BCUT2D eigenvalue weighted by molar-refractivity contribution is 0.206. The highest BCUT2D eigenvalue weighted by Gasteiger charge is 2.24. The number of hydrogen-bond acceptors (Lipinski definition) is 6. The summed E-state index contributed by atoms with van der Waals surface area (Å²) in [4.78, 5) is 12.7. The van der Waals surface area contributed by atoms with E-state index in [1.807, 2.05) is 17.5 Å². The quantitative estimate of drug-likeness (QED) is 0.728. The number of thiophene rings is 1. The number of rotatable bonds is 4. The van der Waals surface area contributed by atoms with Gasteiger partial charge in [-0.25, -0.2) is 4.98 Å². The average Bonchev–Trinajstić information content (AvgIpc) is 3.27. The Morgan fingerprint density at radius 1 is 1.33 bits per heavy atom. The van der Waals surface area contributed by atoms with Crippen molar-refractivity contribution in [2.45, 2.75) is 39.3 Å². The number of imidazole rings is 1. The fraction of sp³-hybridized carbons (Fsp3) is 0.471. The first kappa shape index (κ1) is 15.5. The molecule has 0 atom stereocenters. The minimum atomic E-state index is 0.443. The van der Waals surface area contributed by atoms with Crippen molar-refractivity contribution in [2.75, 3.05) is 6.54 Å². The first-order valence-corrected chi connectivity index (χ1v) is 9.13. The maximum atomic E-state index is 5.42. The van der Waals surface area contributed by atoms with Crippen molar-refractivity contribution in [3.8, 4) is 10.7 Å². The standard InChI is InChI=1S/C17H21N5OS/c1-11(2)17-18-12-9-22(7-6-13(12)21(17)3)10-15-19-16(20-23-15)14-5-4-8-24-14/h4-5,8,11H,6-7,9-10H2,1-3H3. The number of fused-ring (bicyclic) bond motifs is 1. The molecule has 0 saturated carbocycles. The summed E-state index contributed by atoms with van der Waals surface area (Å²) >= 11 is 1.62. The molecule has 1 aliphatic heterocycles. The van der Waals surface area contributed by atoms with Crippen LogP contribution < -0.4 is 0 Å². The molecule has 4 rings (SSSR count). The van der Waals surface area contributed by atoms with Crippen molar-refractivity contribution < 1.29 is 4.52 Å². The maximum absolute atomic E-state index is 5.42. The van der Waals surface area contributed by atoms with E-state index in [0.717, 1.165) is 24.4 Å². The Morgan fingerprint density at radius 2 is 2.21 bits per heavy atom. The van der Waals surface area contributed by atoms with Gasteiger partial charge < -0.3 is 9.09 Å². The summed E-state index contributed by atoms with van der Waals surface area (Å²) in [6.07, 6.45) is 1.01. The van der Waals surface area contributed by atoms with Crippen molar-refractivity contribution in [3.05, 3.63) is 40.6 Å². The van der Waals surface area contributed by atoms with Crippen LogP contribution in [0.1, 0.15) is 42.9 Å². The molecule has 1 aliphatic rings. The number of hydrogen-bond donors (Lipinski definition) is 0. The third-order valence-electron chi connectivity index (χ3n) is 4.45. The highest BCUT2D eigenvalue weighted by molar-refractivity contribution is 7.13. The van der Waals surface area contributed by atoms with Gasteiger partial charge in [0.25, 0.3) is 0 Å². The van der Waals surface area contributed by atoms with E-state index in [1.54, 1.807) is 11.3 Å². The summed E-state index contributed by atoms with van der Waals surface area (Å²) in [6.45, 7) is 6.88. The minimum Gasteiger partial charge on any atom is -0.338 e. The van der Waals surface area contributed by atoms with Gasteiger partial charge in [-0.3, -0.25) is 4.90 Å². The molecule has 126 valence electrons. The van der Waals surface area contributed by atoms with Gasteiger partial charge in [-0.05, 0) is 11.4 Å². The first-order valence-electron chi connectivity index (χ1n) is 8.25. The zero-order valence-electron chi connectivity index (χ0n) is 14.2. The van der Waals surface area contributed by atoms with Crippen molar-refractivity contribution in [1.29, 1.82) is 0 Å². The topological polar surface area (TPSA) is 60.0 Å². The molecule has 0 radical (unpaired) electrons. The summed E-state index contributed by atoms with van der Waals surface area (Å²) in [5, 5.41) is 6.11. The molecular formula is C17H21N5OS. The lowest BCUT2D eigenvalue weighted by atomic mass is 10.1. The molecule has 0 aromatic carbocycles. The van der Waals surface area contributed by atoms with Gasteiger partial charge in [0.15, 0.2) is 0 Å². The van der Waals surface area contributed by atoms with Crippen LogP contribution in [0, 0.1) is 0 Å². The van der Waals surface area contributed by atoms with Gasteiger partial charge in [0.1, 0.15) is 5.82 Å². The Hall–Kier alpha value is -1.99. The zero-order chi connectivity index (χ0) is 16.7.